The molecular formula is C15H23NO. The normalized spacial score (nSPS) is 15.5. The summed E-state index contributed by atoms with van der Waals surface area (Å²) in [6.45, 7) is 7.99. The number of rotatable bonds is 3. The van der Waals surface area contributed by atoms with Crippen molar-refractivity contribution in [2.24, 2.45) is 0 Å². The van der Waals surface area contributed by atoms with Gasteiger partial charge in [0, 0.05) is 18.7 Å². The molecule has 0 saturated heterocycles. The van der Waals surface area contributed by atoms with Crippen molar-refractivity contribution < 1.29 is 4.79 Å². The third-order valence-electron chi connectivity index (χ3n) is 3.58. The minimum atomic E-state index is 0. The summed E-state index contributed by atoms with van der Waals surface area (Å²) in [7, 11) is 0. The second-order valence-electron chi connectivity index (χ2n) is 4.55. The van der Waals surface area contributed by atoms with Crippen LogP contribution in [-0.4, -0.2) is 17.4 Å². The number of carbonyl (C=O) groups excluding carboxylic acids is 1. The lowest BCUT2D eigenvalue weighted by Crippen LogP contribution is -2.22. The molecule has 1 aliphatic heterocycles. The monoisotopic (exact) mass is 233 g/mol. The van der Waals surface area contributed by atoms with Gasteiger partial charge in [0.2, 0.25) is 0 Å². The van der Waals surface area contributed by atoms with Crippen LogP contribution in [0, 0.1) is 0 Å². The molecule has 2 rings (SSSR count). The summed E-state index contributed by atoms with van der Waals surface area (Å²) in [4.78, 5) is 13.9. The summed E-state index contributed by atoms with van der Waals surface area (Å²) in [6.07, 6.45) is 1.12. The summed E-state index contributed by atoms with van der Waals surface area (Å²) >= 11 is 0. The highest BCUT2D eigenvalue weighted by molar-refractivity contribution is 5.98. The molecule has 94 valence electrons. The molecule has 1 heterocycles. The third kappa shape index (κ3) is 2.36. The van der Waals surface area contributed by atoms with Crippen LogP contribution >= 0.6 is 0 Å². The Balaban J connectivity index is 0.00000144. The molecule has 0 aromatic heterocycles. The average Bonchev–Trinajstić information content (AvgIpc) is 2.64. The van der Waals surface area contributed by atoms with Gasteiger partial charge in [-0.3, -0.25) is 4.79 Å². The van der Waals surface area contributed by atoms with Gasteiger partial charge < -0.3 is 4.90 Å². The highest BCUT2D eigenvalue weighted by Gasteiger charge is 2.26. The summed E-state index contributed by atoms with van der Waals surface area (Å²) in [6, 6.07) is 6.37. The first-order chi connectivity index (χ1) is 7.67. The van der Waals surface area contributed by atoms with E-state index in [-0.39, 0.29) is 13.3 Å². The predicted molar refractivity (Wildman–Crippen MR) is 72.3 cm³/mol. The van der Waals surface area contributed by atoms with Crippen LogP contribution in [-0.2, 0) is 6.54 Å². The van der Waals surface area contributed by atoms with E-state index in [1.165, 1.54) is 11.1 Å². The Hall–Kier alpha value is -1.31. The number of nitrogens with zero attached hydrogens (tertiary/aromatic N) is 1. The Kier molecular flexibility index (Phi) is 4.33. The molecule has 2 heteroatoms. The fourth-order valence-electron chi connectivity index (χ4n) is 2.18. The molecule has 0 bridgehead atoms. The van der Waals surface area contributed by atoms with Gasteiger partial charge in [-0.2, -0.15) is 0 Å². The summed E-state index contributed by atoms with van der Waals surface area (Å²) in [5.41, 5.74) is 3.38. The van der Waals surface area contributed by atoms with E-state index in [0.29, 0.717) is 5.92 Å². The molecule has 1 aromatic carbocycles. The van der Waals surface area contributed by atoms with Crippen molar-refractivity contribution in [1.82, 2.24) is 4.90 Å². The first kappa shape index (κ1) is 13.8. The van der Waals surface area contributed by atoms with Crippen molar-refractivity contribution >= 4 is 5.91 Å². The van der Waals surface area contributed by atoms with Crippen molar-refractivity contribution in [3.63, 3.8) is 0 Å². The van der Waals surface area contributed by atoms with Gasteiger partial charge in [-0.1, -0.05) is 33.4 Å². The van der Waals surface area contributed by atoms with E-state index in [1.807, 2.05) is 11.8 Å². The van der Waals surface area contributed by atoms with Crippen LogP contribution in [0.25, 0.3) is 0 Å². The van der Waals surface area contributed by atoms with Gasteiger partial charge >= 0.3 is 0 Å². The van der Waals surface area contributed by atoms with Crippen molar-refractivity contribution in [1.29, 1.82) is 0 Å². The van der Waals surface area contributed by atoms with Crippen molar-refractivity contribution in [2.45, 2.75) is 47.1 Å². The number of carbonyl (C=O) groups is 1. The van der Waals surface area contributed by atoms with E-state index in [2.05, 4.69) is 32.0 Å². The second-order valence-corrected chi connectivity index (χ2v) is 4.55. The summed E-state index contributed by atoms with van der Waals surface area (Å²) in [5.74, 6) is 0.733. The highest BCUT2D eigenvalue weighted by Crippen LogP contribution is 2.27. The fourth-order valence-corrected chi connectivity index (χ4v) is 2.18. The average molecular weight is 233 g/mol. The molecule has 1 atom stereocenters. The Morgan fingerprint density at radius 3 is 2.65 bits per heavy atom. The van der Waals surface area contributed by atoms with Gasteiger partial charge in [-0.05, 0) is 36.5 Å². The zero-order valence-corrected chi connectivity index (χ0v) is 10.3. The lowest BCUT2D eigenvalue weighted by molar-refractivity contribution is 0.0787. The first-order valence-corrected chi connectivity index (χ1v) is 6.09. The van der Waals surface area contributed by atoms with Crippen LogP contribution in [0.3, 0.4) is 0 Å². The highest BCUT2D eigenvalue weighted by atomic mass is 16.2. The van der Waals surface area contributed by atoms with Crippen LogP contribution in [0.15, 0.2) is 18.2 Å². The minimum absolute atomic E-state index is 0. The topological polar surface area (TPSA) is 20.3 Å². The minimum Gasteiger partial charge on any atom is -0.335 e. The Labute approximate surface area is 105 Å². The maximum Gasteiger partial charge on any atom is 0.254 e. The number of hydrogen-bond donors (Lipinski definition) is 0. The van der Waals surface area contributed by atoms with Crippen LogP contribution in [0.4, 0.5) is 0 Å². The molecule has 0 aliphatic carbocycles. The largest absolute Gasteiger partial charge is 0.335 e. The SMILES string of the molecule is C.CCC(C)c1ccc2c(c1)C(=O)N(CC)C2. The van der Waals surface area contributed by atoms with Gasteiger partial charge in [0.15, 0.2) is 0 Å². The molecule has 0 fully saturated rings. The lowest BCUT2D eigenvalue weighted by Gasteiger charge is -2.11. The third-order valence-corrected chi connectivity index (χ3v) is 3.58. The predicted octanol–water partition coefficient (Wildman–Crippen LogP) is 3.81. The van der Waals surface area contributed by atoms with E-state index in [9.17, 15) is 4.79 Å². The van der Waals surface area contributed by atoms with E-state index >= 15 is 0 Å². The first-order valence-electron chi connectivity index (χ1n) is 6.09. The molecule has 17 heavy (non-hydrogen) atoms. The molecule has 2 nitrogen and oxygen atoms in total. The van der Waals surface area contributed by atoms with E-state index in [0.717, 1.165) is 25.1 Å². The molecule has 1 aromatic rings. The second kappa shape index (κ2) is 5.35. The Morgan fingerprint density at radius 2 is 2.06 bits per heavy atom. The lowest BCUT2D eigenvalue weighted by atomic mass is 9.95. The van der Waals surface area contributed by atoms with Crippen molar-refractivity contribution in [2.75, 3.05) is 6.54 Å². The molecule has 1 amide bonds. The summed E-state index contributed by atoms with van der Waals surface area (Å²) in [5, 5.41) is 0. The van der Waals surface area contributed by atoms with Gasteiger partial charge in [0.05, 0.1) is 0 Å². The molecule has 0 saturated carbocycles. The Bertz CT molecular complexity index is 411. The van der Waals surface area contributed by atoms with Crippen molar-refractivity contribution in [3.8, 4) is 0 Å². The standard InChI is InChI=1S/C14H19NO.CH4/c1-4-10(3)11-6-7-12-9-15(5-2)14(16)13(12)8-11;/h6-8,10H,4-5,9H2,1-3H3;1H4. The zero-order chi connectivity index (χ0) is 11.7. The quantitative estimate of drug-likeness (QED) is 0.777. The maximum absolute atomic E-state index is 12.0. The number of benzene rings is 1. The van der Waals surface area contributed by atoms with Gasteiger partial charge in [-0.15, -0.1) is 0 Å². The van der Waals surface area contributed by atoms with Crippen LogP contribution in [0.1, 0.15) is 62.0 Å². The molecule has 1 aliphatic rings. The fraction of sp³-hybridized carbons (Fsp3) is 0.533. The smallest absolute Gasteiger partial charge is 0.254 e. The van der Waals surface area contributed by atoms with Gasteiger partial charge in [0.1, 0.15) is 0 Å². The zero-order valence-electron chi connectivity index (χ0n) is 10.3. The molecule has 0 spiro atoms. The maximum atomic E-state index is 12.0. The van der Waals surface area contributed by atoms with E-state index < -0.39 is 0 Å². The Morgan fingerprint density at radius 1 is 1.35 bits per heavy atom. The molecule has 0 N–H and O–H groups in total. The molecule has 1 unspecified atom stereocenters. The number of fused-ring (bicyclic) bond motifs is 1. The van der Waals surface area contributed by atoms with Crippen LogP contribution in [0.2, 0.25) is 0 Å². The van der Waals surface area contributed by atoms with Crippen molar-refractivity contribution in [3.05, 3.63) is 34.9 Å². The number of hydrogen-bond acceptors (Lipinski definition) is 1. The molecule has 0 radical (unpaired) electrons. The van der Waals surface area contributed by atoms with Gasteiger partial charge in [0.25, 0.3) is 5.91 Å². The van der Waals surface area contributed by atoms with E-state index in [4.69, 9.17) is 0 Å². The van der Waals surface area contributed by atoms with Crippen LogP contribution in [0.5, 0.6) is 0 Å². The summed E-state index contributed by atoms with van der Waals surface area (Å²) < 4.78 is 0. The number of amides is 1. The van der Waals surface area contributed by atoms with Gasteiger partial charge in [-0.25, -0.2) is 0 Å². The molecular weight excluding hydrogens is 210 g/mol. The van der Waals surface area contributed by atoms with E-state index in [1.54, 1.807) is 0 Å². The van der Waals surface area contributed by atoms with Crippen LogP contribution < -0.4 is 0 Å².